The van der Waals surface area contributed by atoms with Crippen molar-refractivity contribution in [1.82, 2.24) is 15.3 Å². The number of benzene rings is 1. The molecule has 24 heavy (non-hydrogen) atoms. The lowest BCUT2D eigenvalue weighted by atomic mass is 9.94. The van der Waals surface area contributed by atoms with E-state index in [-0.39, 0.29) is 29.7 Å². The maximum absolute atomic E-state index is 13.0. The quantitative estimate of drug-likeness (QED) is 0.926. The van der Waals surface area contributed by atoms with E-state index in [2.05, 4.69) is 17.6 Å². The number of likely N-dealkylation sites (tertiary alicyclic amines) is 1. The lowest BCUT2D eigenvalue weighted by molar-refractivity contribution is -0.144. The SMILES string of the molecule is CC(C)C(=O)N1CCC(C(=O)N2NCCC2c2ccccc2)CC1. The largest absolute Gasteiger partial charge is 0.342 e. The molecule has 2 heterocycles. The zero-order chi connectivity index (χ0) is 17.1. The molecule has 2 saturated heterocycles. The minimum absolute atomic E-state index is 0.0121. The van der Waals surface area contributed by atoms with Gasteiger partial charge in [-0.1, -0.05) is 44.2 Å². The fourth-order valence-electron chi connectivity index (χ4n) is 3.69. The first-order chi connectivity index (χ1) is 11.6. The molecular weight excluding hydrogens is 302 g/mol. The third-order valence-electron chi connectivity index (χ3n) is 5.08. The summed E-state index contributed by atoms with van der Waals surface area (Å²) in [5.41, 5.74) is 4.44. The Bertz CT molecular complexity index is 580. The zero-order valence-corrected chi connectivity index (χ0v) is 14.6. The third-order valence-corrected chi connectivity index (χ3v) is 5.08. The molecule has 0 radical (unpaired) electrons. The Morgan fingerprint density at radius 1 is 1.08 bits per heavy atom. The first-order valence-corrected chi connectivity index (χ1v) is 8.98. The summed E-state index contributed by atoms with van der Waals surface area (Å²) >= 11 is 0. The van der Waals surface area contributed by atoms with Gasteiger partial charge in [0.1, 0.15) is 0 Å². The number of rotatable bonds is 3. The Labute approximate surface area is 144 Å². The molecule has 0 saturated carbocycles. The minimum Gasteiger partial charge on any atom is -0.342 e. The smallest absolute Gasteiger partial charge is 0.240 e. The van der Waals surface area contributed by atoms with Gasteiger partial charge in [0.05, 0.1) is 6.04 Å². The van der Waals surface area contributed by atoms with Crippen LogP contribution < -0.4 is 5.43 Å². The van der Waals surface area contributed by atoms with E-state index in [1.807, 2.05) is 42.0 Å². The Hall–Kier alpha value is -1.88. The van der Waals surface area contributed by atoms with Crippen molar-refractivity contribution in [3.63, 3.8) is 0 Å². The highest BCUT2D eigenvalue weighted by Gasteiger charge is 2.36. The van der Waals surface area contributed by atoms with Crippen LogP contribution in [-0.4, -0.2) is 41.4 Å². The van der Waals surface area contributed by atoms with Crippen LogP contribution in [0, 0.1) is 11.8 Å². The van der Waals surface area contributed by atoms with Crippen LogP contribution in [0.25, 0.3) is 0 Å². The highest BCUT2D eigenvalue weighted by atomic mass is 16.2. The standard InChI is InChI=1S/C19H27N3O2/c1-14(2)18(23)21-12-9-16(10-13-21)19(24)22-17(8-11-20-22)15-6-4-3-5-7-15/h3-7,14,16-17,20H,8-13H2,1-2H3. The van der Waals surface area contributed by atoms with Crippen molar-refractivity contribution in [2.24, 2.45) is 11.8 Å². The van der Waals surface area contributed by atoms with Gasteiger partial charge < -0.3 is 4.90 Å². The zero-order valence-electron chi connectivity index (χ0n) is 14.6. The maximum Gasteiger partial charge on any atom is 0.240 e. The Morgan fingerprint density at radius 2 is 1.75 bits per heavy atom. The van der Waals surface area contributed by atoms with Crippen LogP contribution in [0.4, 0.5) is 0 Å². The second-order valence-electron chi connectivity index (χ2n) is 7.09. The average Bonchev–Trinajstić information content (AvgIpc) is 3.11. The molecule has 1 aromatic rings. The van der Waals surface area contributed by atoms with Crippen LogP contribution in [-0.2, 0) is 9.59 Å². The number of amides is 2. The molecule has 1 atom stereocenters. The molecule has 2 amide bonds. The second-order valence-corrected chi connectivity index (χ2v) is 7.09. The molecule has 0 aliphatic carbocycles. The fourth-order valence-corrected chi connectivity index (χ4v) is 3.69. The summed E-state index contributed by atoms with van der Waals surface area (Å²) in [4.78, 5) is 26.9. The molecule has 5 heteroatoms. The fraction of sp³-hybridized carbons (Fsp3) is 0.579. The molecule has 3 rings (SSSR count). The highest BCUT2D eigenvalue weighted by Crippen LogP contribution is 2.30. The van der Waals surface area contributed by atoms with E-state index < -0.39 is 0 Å². The van der Waals surface area contributed by atoms with Gasteiger partial charge in [-0.05, 0) is 24.8 Å². The molecule has 5 nitrogen and oxygen atoms in total. The second kappa shape index (κ2) is 7.34. The molecule has 2 aliphatic heterocycles. The Balaban J connectivity index is 1.62. The topological polar surface area (TPSA) is 52.7 Å². The highest BCUT2D eigenvalue weighted by molar-refractivity contribution is 5.81. The van der Waals surface area contributed by atoms with Gasteiger partial charge in [-0.3, -0.25) is 14.6 Å². The van der Waals surface area contributed by atoms with E-state index in [0.29, 0.717) is 13.1 Å². The number of hydrogen-bond acceptors (Lipinski definition) is 3. The first kappa shape index (κ1) is 17.0. The lowest BCUT2D eigenvalue weighted by Crippen LogP contribution is -2.47. The van der Waals surface area contributed by atoms with E-state index in [9.17, 15) is 9.59 Å². The van der Waals surface area contributed by atoms with E-state index in [4.69, 9.17) is 0 Å². The third kappa shape index (κ3) is 3.46. The van der Waals surface area contributed by atoms with Gasteiger partial charge in [0.2, 0.25) is 11.8 Å². The van der Waals surface area contributed by atoms with E-state index >= 15 is 0 Å². The van der Waals surface area contributed by atoms with Gasteiger partial charge in [-0.15, -0.1) is 0 Å². The van der Waals surface area contributed by atoms with Crippen molar-refractivity contribution in [3.05, 3.63) is 35.9 Å². The van der Waals surface area contributed by atoms with E-state index in [0.717, 1.165) is 25.8 Å². The normalized spacial score (nSPS) is 22.2. The number of carbonyl (C=O) groups excluding carboxylic acids is 2. The maximum atomic E-state index is 13.0. The van der Waals surface area contributed by atoms with Gasteiger partial charge in [0, 0.05) is 31.5 Å². The predicted molar refractivity (Wildman–Crippen MR) is 92.8 cm³/mol. The summed E-state index contributed by atoms with van der Waals surface area (Å²) in [5, 5.41) is 1.83. The summed E-state index contributed by atoms with van der Waals surface area (Å²) in [7, 11) is 0. The number of nitrogens with zero attached hydrogens (tertiary/aromatic N) is 2. The summed E-state index contributed by atoms with van der Waals surface area (Å²) in [6.07, 6.45) is 2.47. The van der Waals surface area contributed by atoms with Crippen molar-refractivity contribution in [3.8, 4) is 0 Å². The predicted octanol–water partition coefficient (Wildman–Crippen LogP) is 2.36. The van der Waals surface area contributed by atoms with Crippen LogP contribution in [0.3, 0.4) is 0 Å². The van der Waals surface area contributed by atoms with Crippen molar-refractivity contribution >= 4 is 11.8 Å². The van der Waals surface area contributed by atoms with Crippen molar-refractivity contribution in [2.75, 3.05) is 19.6 Å². The van der Waals surface area contributed by atoms with Gasteiger partial charge in [-0.2, -0.15) is 0 Å². The van der Waals surface area contributed by atoms with Gasteiger partial charge in [0.25, 0.3) is 0 Å². The number of carbonyl (C=O) groups is 2. The van der Waals surface area contributed by atoms with Crippen molar-refractivity contribution in [2.45, 2.75) is 39.2 Å². The summed E-state index contributed by atoms with van der Waals surface area (Å²) in [6, 6.07) is 10.3. The van der Waals surface area contributed by atoms with Crippen LogP contribution in [0.1, 0.15) is 44.7 Å². The lowest BCUT2D eigenvalue weighted by Gasteiger charge is -2.35. The number of piperidine rings is 1. The van der Waals surface area contributed by atoms with Crippen LogP contribution in [0.5, 0.6) is 0 Å². The molecule has 1 aromatic carbocycles. The molecule has 0 spiro atoms. The number of nitrogens with one attached hydrogen (secondary N) is 1. The van der Waals surface area contributed by atoms with Crippen molar-refractivity contribution in [1.29, 1.82) is 0 Å². The van der Waals surface area contributed by atoms with Crippen LogP contribution in [0.15, 0.2) is 30.3 Å². The average molecular weight is 329 g/mol. The summed E-state index contributed by atoms with van der Waals surface area (Å²) in [6.45, 7) is 6.07. The molecule has 2 fully saturated rings. The summed E-state index contributed by atoms with van der Waals surface area (Å²) < 4.78 is 0. The Kier molecular flexibility index (Phi) is 5.19. The molecule has 2 aliphatic rings. The van der Waals surface area contributed by atoms with Crippen LogP contribution >= 0.6 is 0 Å². The molecule has 1 N–H and O–H groups in total. The first-order valence-electron chi connectivity index (χ1n) is 8.98. The van der Waals surface area contributed by atoms with Crippen LogP contribution in [0.2, 0.25) is 0 Å². The van der Waals surface area contributed by atoms with Crippen molar-refractivity contribution < 1.29 is 9.59 Å². The molecule has 0 bridgehead atoms. The minimum atomic E-state index is 0.0121. The van der Waals surface area contributed by atoms with E-state index in [1.165, 1.54) is 5.56 Å². The summed E-state index contributed by atoms with van der Waals surface area (Å²) in [5.74, 6) is 0.415. The molecule has 0 aromatic heterocycles. The van der Waals surface area contributed by atoms with Gasteiger partial charge in [0.15, 0.2) is 0 Å². The number of hydrazine groups is 1. The molecule has 1 unspecified atom stereocenters. The monoisotopic (exact) mass is 329 g/mol. The Morgan fingerprint density at radius 3 is 2.38 bits per heavy atom. The molecular formula is C19H27N3O2. The molecule has 130 valence electrons. The number of hydrogen-bond donors (Lipinski definition) is 1. The van der Waals surface area contributed by atoms with Gasteiger partial charge in [-0.25, -0.2) is 5.43 Å². The van der Waals surface area contributed by atoms with Gasteiger partial charge >= 0.3 is 0 Å². The van der Waals surface area contributed by atoms with E-state index in [1.54, 1.807) is 0 Å².